The van der Waals surface area contributed by atoms with Gasteiger partial charge in [0.2, 0.25) is 6.79 Å². The summed E-state index contributed by atoms with van der Waals surface area (Å²) in [5.41, 5.74) is 2.95. The largest absolute Gasteiger partial charge is 0.454 e. The SMILES string of the molecule is Cn1cnc2c(NCc3cccc4c3OCO4)nccc21. The summed E-state index contributed by atoms with van der Waals surface area (Å²) in [6.07, 6.45) is 3.57. The van der Waals surface area contributed by atoms with Crippen LogP contribution >= 0.6 is 0 Å². The third-order valence-corrected chi connectivity index (χ3v) is 3.57. The van der Waals surface area contributed by atoms with Crippen LogP contribution in [0.4, 0.5) is 5.82 Å². The molecule has 0 saturated carbocycles. The van der Waals surface area contributed by atoms with Crippen molar-refractivity contribution in [3.8, 4) is 11.5 Å². The van der Waals surface area contributed by atoms with Crippen molar-refractivity contribution in [1.82, 2.24) is 14.5 Å². The second kappa shape index (κ2) is 4.66. The summed E-state index contributed by atoms with van der Waals surface area (Å²) in [5.74, 6) is 2.36. The van der Waals surface area contributed by atoms with E-state index in [9.17, 15) is 0 Å². The molecule has 6 nitrogen and oxygen atoms in total. The van der Waals surface area contributed by atoms with E-state index >= 15 is 0 Å². The van der Waals surface area contributed by atoms with Gasteiger partial charge in [-0.15, -0.1) is 0 Å². The third kappa shape index (κ3) is 1.96. The lowest BCUT2D eigenvalue weighted by atomic mass is 10.2. The number of fused-ring (bicyclic) bond motifs is 2. The Bertz CT molecular complexity index is 813. The molecule has 1 aromatic carbocycles. The predicted molar refractivity (Wildman–Crippen MR) is 78.4 cm³/mol. The van der Waals surface area contributed by atoms with Gasteiger partial charge in [-0.2, -0.15) is 0 Å². The maximum atomic E-state index is 5.51. The minimum atomic E-state index is 0.278. The third-order valence-electron chi connectivity index (χ3n) is 3.57. The first-order valence-corrected chi connectivity index (χ1v) is 6.70. The molecule has 6 heteroatoms. The maximum Gasteiger partial charge on any atom is 0.231 e. The first kappa shape index (κ1) is 12.0. The number of nitrogens with one attached hydrogen (secondary N) is 1. The van der Waals surface area contributed by atoms with Gasteiger partial charge in [-0.3, -0.25) is 0 Å². The van der Waals surface area contributed by atoms with Crippen LogP contribution in [-0.2, 0) is 13.6 Å². The van der Waals surface area contributed by atoms with E-state index < -0.39 is 0 Å². The number of hydrogen-bond acceptors (Lipinski definition) is 5. The Hall–Kier alpha value is -2.76. The second-order valence-electron chi connectivity index (χ2n) is 4.89. The quantitative estimate of drug-likeness (QED) is 0.798. The van der Waals surface area contributed by atoms with Crippen molar-refractivity contribution in [3.63, 3.8) is 0 Å². The fourth-order valence-corrected chi connectivity index (χ4v) is 2.50. The molecule has 0 atom stereocenters. The smallest absolute Gasteiger partial charge is 0.231 e. The van der Waals surface area contributed by atoms with E-state index in [0.29, 0.717) is 6.54 Å². The van der Waals surface area contributed by atoms with E-state index in [1.165, 1.54) is 0 Å². The van der Waals surface area contributed by atoms with Gasteiger partial charge in [0.05, 0.1) is 11.8 Å². The molecule has 4 rings (SSSR count). The molecule has 21 heavy (non-hydrogen) atoms. The summed E-state index contributed by atoms with van der Waals surface area (Å²) in [6.45, 7) is 0.885. The Kier molecular flexibility index (Phi) is 2.67. The number of benzene rings is 1. The van der Waals surface area contributed by atoms with Crippen molar-refractivity contribution in [2.45, 2.75) is 6.54 Å². The predicted octanol–water partition coefficient (Wildman–Crippen LogP) is 2.31. The Morgan fingerprint density at radius 3 is 3.14 bits per heavy atom. The summed E-state index contributed by atoms with van der Waals surface area (Å²) in [4.78, 5) is 8.75. The van der Waals surface area contributed by atoms with Gasteiger partial charge in [-0.25, -0.2) is 9.97 Å². The highest BCUT2D eigenvalue weighted by Crippen LogP contribution is 2.35. The molecule has 0 aliphatic carbocycles. The number of nitrogens with zero attached hydrogens (tertiary/aromatic N) is 3. The fourth-order valence-electron chi connectivity index (χ4n) is 2.50. The molecule has 0 amide bonds. The highest BCUT2D eigenvalue weighted by Gasteiger charge is 2.17. The molecule has 1 aliphatic heterocycles. The van der Waals surface area contributed by atoms with Crippen molar-refractivity contribution in [2.24, 2.45) is 7.05 Å². The highest BCUT2D eigenvalue weighted by molar-refractivity contribution is 5.85. The van der Waals surface area contributed by atoms with Crippen molar-refractivity contribution < 1.29 is 9.47 Å². The van der Waals surface area contributed by atoms with Crippen LogP contribution in [0.3, 0.4) is 0 Å². The summed E-state index contributed by atoms with van der Waals surface area (Å²) in [6, 6.07) is 7.83. The van der Waals surface area contributed by atoms with E-state index in [1.54, 1.807) is 12.5 Å². The lowest BCUT2D eigenvalue weighted by Crippen LogP contribution is -2.03. The number of anilines is 1. The maximum absolute atomic E-state index is 5.51. The van der Waals surface area contributed by atoms with Gasteiger partial charge >= 0.3 is 0 Å². The first-order chi connectivity index (χ1) is 10.3. The van der Waals surface area contributed by atoms with Crippen LogP contribution in [0, 0.1) is 0 Å². The average molecular weight is 282 g/mol. The lowest BCUT2D eigenvalue weighted by molar-refractivity contribution is 0.173. The molecule has 1 aliphatic rings. The molecule has 1 N–H and O–H groups in total. The number of aromatic nitrogens is 3. The van der Waals surface area contributed by atoms with E-state index in [4.69, 9.17) is 9.47 Å². The van der Waals surface area contributed by atoms with Crippen LogP contribution in [0.25, 0.3) is 11.0 Å². The Balaban J connectivity index is 1.63. The molecule has 0 radical (unpaired) electrons. The number of hydrogen-bond donors (Lipinski definition) is 1. The van der Waals surface area contributed by atoms with Gasteiger partial charge in [0.15, 0.2) is 17.3 Å². The molecule has 106 valence electrons. The van der Waals surface area contributed by atoms with Crippen LogP contribution in [0.1, 0.15) is 5.56 Å². The summed E-state index contributed by atoms with van der Waals surface area (Å²) in [5, 5.41) is 3.32. The number of aryl methyl sites for hydroxylation is 1. The normalized spacial score (nSPS) is 12.8. The minimum absolute atomic E-state index is 0.278. The zero-order chi connectivity index (χ0) is 14.2. The van der Waals surface area contributed by atoms with Gasteiger partial charge < -0.3 is 19.4 Å². The first-order valence-electron chi connectivity index (χ1n) is 6.70. The van der Waals surface area contributed by atoms with E-state index in [-0.39, 0.29) is 6.79 Å². The minimum Gasteiger partial charge on any atom is -0.454 e. The van der Waals surface area contributed by atoms with E-state index in [1.807, 2.05) is 35.9 Å². The Labute approximate surface area is 121 Å². The van der Waals surface area contributed by atoms with Gasteiger partial charge in [0.1, 0.15) is 5.52 Å². The van der Waals surface area contributed by atoms with Crippen molar-refractivity contribution in [3.05, 3.63) is 42.4 Å². The van der Waals surface area contributed by atoms with Gasteiger partial charge in [-0.1, -0.05) is 12.1 Å². The van der Waals surface area contributed by atoms with Crippen molar-refractivity contribution >= 4 is 16.9 Å². The molecular weight excluding hydrogens is 268 g/mol. The Morgan fingerprint density at radius 2 is 2.19 bits per heavy atom. The van der Waals surface area contributed by atoms with E-state index in [2.05, 4.69) is 15.3 Å². The molecule has 0 unspecified atom stereocenters. The fraction of sp³-hybridized carbons (Fsp3) is 0.200. The highest BCUT2D eigenvalue weighted by atomic mass is 16.7. The molecule has 0 bridgehead atoms. The summed E-state index contributed by atoms with van der Waals surface area (Å²) < 4.78 is 12.9. The lowest BCUT2D eigenvalue weighted by Gasteiger charge is -2.08. The zero-order valence-corrected chi connectivity index (χ0v) is 11.5. The molecule has 0 fully saturated rings. The number of rotatable bonds is 3. The van der Waals surface area contributed by atoms with Crippen LogP contribution in [0.15, 0.2) is 36.8 Å². The van der Waals surface area contributed by atoms with Gasteiger partial charge in [0, 0.05) is 25.4 Å². The number of para-hydroxylation sites is 1. The number of imidazole rings is 1. The standard InChI is InChI=1S/C15H14N4O2/c1-19-8-18-13-11(19)5-6-16-15(13)17-7-10-3-2-4-12-14(10)21-9-20-12/h2-6,8H,7,9H2,1H3,(H,16,17). The summed E-state index contributed by atoms with van der Waals surface area (Å²) >= 11 is 0. The van der Waals surface area contributed by atoms with Crippen LogP contribution < -0.4 is 14.8 Å². The van der Waals surface area contributed by atoms with Crippen molar-refractivity contribution in [2.75, 3.05) is 12.1 Å². The summed E-state index contributed by atoms with van der Waals surface area (Å²) in [7, 11) is 1.97. The van der Waals surface area contributed by atoms with Gasteiger partial charge in [-0.05, 0) is 12.1 Å². The van der Waals surface area contributed by atoms with Crippen molar-refractivity contribution in [1.29, 1.82) is 0 Å². The Morgan fingerprint density at radius 1 is 1.24 bits per heavy atom. The second-order valence-corrected chi connectivity index (χ2v) is 4.89. The molecular formula is C15H14N4O2. The molecule has 0 saturated heterocycles. The van der Waals surface area contributed by atoms with E-state index in [0.717, 1.165) is 33.9 Å². The molecule has 2 aromatic heterocycles. The van der Waals surface area contributed by atoms with Crippen LogP contribution in [0.2, 0.25) is 0 Å². The van der Waals surface area contributed by atoms with Crippen LogP contribution in [0.5, 0.6) is 11.5 Å². The number of pyridine rings is 1. The van der Waals surface area contributed by atoms with Crippen LogP contribution in [-0.4, -0.2) is 21.3 Å². The zero-order valence-electron chi connectivity index (χ0n) is 11.5. The molecule has 3 heterocycles. The molecule has 0 spiro atoms. The topological polar surface area (TPSA) is 61.2 Å². The average Bonchev–Trinajstić information content (AvgIpc) is 3.13. The monoisotopic (exact) mass is 282 g/mol. The molecule has 3 aromatic rings. The number of ether oxygens (including phenoxy) is 2. The van der Waals surface area contributed by atoms with Gasteiger partial charge in [0.25, 0.3) is 0 Å².